The van der Waals surface area contributed by atoms with Crippen LogP contribution in [-0.4, -0.2) is 23.3 Å². The third-order valence-corrected chi connectivity index (χ3v) is 3.16. The topological polar surface area (TPSA) is 89.3 Å². The molecule has 0 aliphatic carbocycles. The Labute approximate surface area is 122 Å². The molecule has 2 rings (SSSR count). The standard InChI is InChI=1S/C15H17N3O3/c1-21-13-8-7-12(16)11(5-4-6-14(19)20)15(13)18-10-3-2-9-17-18/h2-3,7-10H,4-6,16H2,1H3/p+1. The summed E-state index contributed by atoms with van der Waals surface area (Å²) in [7, 11) is 1.58. The lowest BCUT2D eigenvalue weighted by atomic mass is 10.0. The van der Waals surface area contributed by atoms with E-state index in [-0.39, 0.29) is 6.42 Å². The molecule has 6 heteroatoms. The van der Waals surface area contributed by atoms with Gasteiger partial charge in [-0.1, -0.05) is 0 Å². The van der Waals surface area contributed by atoms with Gasteiger partial charge in [-0.2, -0.15) is 0 Å². The average Bonchev–Trinajstić information content (AvgIpc) is 2.49. The summed E-state index contributed by atoms with van der Waals surface area (Å²) >= 11 is 0. The van der Waals surface area contributed by atoms with Crippen LogP contribution in [0.25, 0.3) is 5.69 Å². The molecule has 0 saturated carbocycles. The first-order chi connectivity index (χ1) is 10.1. The predicted molar refractivity (Wildman–Crippen MR) is 77.3 cm³/mol. The lowest BCUT2D eigenvalue weighted by Gasteiger charge is -2.10. The van der Waals surface area contributed by atoms with E-state index in [9.17, 15) is 4.79 Å². The normalized spacial score (nSPS) is 10.3. The Morgan fingerprint density at radius 3 is 2.86 bits per heavy atom. The van der Waals surface area contributed by atoms with Crippen molar-refractivity contribution >= 4 is 11.7 Å². The number of carbonyl (C=O) groups is 1. The van der Waals surface area contributed by atoms with Crippen LogP contribution in [-0.2, 0) is 11.2 Å². The Balaban J connectivity index is 2.44. The molecule has 0 bridgehead atoms. The number of methoxy groups -OCH3 is 1. The lowest BCUT2D eigenvalue weighted by Crippen LogP contribution is -2.36. The molecule has 0 amide bonds. The van der Waals surface area contributed by atoms with E-state index in [1.807, 2.05) is 12.1 Å². The number of hydrogen-bond acceptors (Lipinski definition) is 4. The number of nitrogens with two attached hydrogens (primary N) is 1. The molecule has 1 aromatic heterocycles. The number of carboxylic acids is 1. The Morgan fingerprint density at radius 1 is 1.43 bits per heavy atom. The van der Waals surface area contributed by atoms with Crippen LogP contribution >= 0.6 is 0 Å². The van der Waals surface area contributed by atoms with Crippen molar-refractivity contribution in [3.05, 3.63) is 42.2 Å². The highest BCUT2D eigenvalue weighted by Crippen LogP contribution is 2.28. The van der Waals surface area contributed by atoms with Crippen molar-refractivity contribution in [1.82, 2.24) is 5.10 Å². The minimum absolute atomic E-state index is 0.100. The number of rotatable bonds is 6. The van der Waals surface area contributed by atoms with Crippen LogP contribution in [0.3, 0.4) is 0 Å². The fraction of sp³-hybridized carbons (Fsp3) is 0.267. The van der Waals surface area contributed by atoms with E-state index < -0.39 is 5.97 Å². The number of carboxylic acid groups (broad SMARTS) is 1. The van der Waals surface area contributed by atoms with Crippen LogP contribution < -0.4 is 15.2 Å². The highest BCUT2D eigenvalue weighted by Gasteiger charge is 2.22. The van der Waals surface area contributed by atoms with Crippen molar-refractivity contribution in [2.75, 3.05) is 12.8 Å². The van der Waals surface area contributed by atoms with E-state index in [0.717, 1.165) is 11.3 Å². The monoisotopic (exact) mass is 288 g/mol. The first kappa shape index (κ1) is 14.8. The number of benzene rings is 1. The van der Waals surface area contributed by atoms with Gasteiger partial charge in [0, 0.05) is 18.2 Å². The van der Waals surface area contributed by atoms with E-state index in [4.69, 9.17) is 15.6 Å². The van der Waals surface area contributed by atoms with Crippen molar-refractivity contribution in [2.24, 2.45) is 0 Å². The van der Waals surface area contributed by atoms with Gasteiger partial charge in [-0.15, -0.1) is 0 Å². The van der Waals surface area contributed by atoms with Gasteiger partial charge in [0.15, 0.2) is 5.75 Å². The Hall–Kier alpha value is -2.63. The summed E-state index contributed by atoms with van der Waals surface area (Å²) in [5.74, 6) is -0.165. The molecular weight excluding hydrogens is 270 g/mol. The summed E-state index contributed by atoms with van der Waals surface area (Å²) in [5.41, 5.74) is 8.26. The second-order valence-corrected chi connectivity index (χ2v) is 4.57. The van der Waals surface area contributed by atoms with Gasteiger partial charge >= 0.3 is 5.97 Å². The number of aromatic nitrogens is 2. The molecule has 1 aromatic carbocycles. The molecule has 0 fully saturated rings. The summed E-state index contributed by atoms with van der Waals surface area (Å²) in [4.78, 5) is 10.7. The molecule has 0 atom stereocenters. The van der Waals surface area contributed by atoms with Crippen LogP contribution in [0.2, 0.25) is 0 Å². The van der Waals surface area contributed by atoms with Crippen LogP contribution in [0.4, 0.5) is 5.69 Å². The maximum Gasteiger partial charge on any atom is 0.303 e. The van der Waals surface area contributed by atoms with Crippen LogP contribution in [0.15, 0.2) is 36.7 Å². The number of aliphatic carboxylic acids is 1. The Kier molecular flexibility index (Phi) is 4.71. The number of ether oxygens (including phenoxy) is 1. The number of hydrogen-bond donors (Lipinski definition) is 2. The maximum absolute atomic E-state index is 10.7. The van der Waals surface area contributed by atoms with Gasteiger partial charge < -0.3 is 15.6 Å². The zero-order chi connectivity index (χ0) is 15.2. The summed E-state index contributed by atoms with van der Waals surface area (Å²) in [6.45, 7) is 0. The molecule has 0 radical (unpaired) electrons. The molecule has 1 heterocycles. The van der Waals surface area contributed by atoms with E-state index in [2.05, 4.69) is 5.10 Å². The average molecular weight is 288 g/mol. The second-order valence-electron chi connectivity index (χ2n) is 4.57. The Bertz CT molecular complexity index is 630. The largest absolute Gasteiger partial charge is 0.490 e. The molecule has 0 saturated heterocycles. The van der Waals surface area contributed by atoms with Gasteiger partial charge in [-0.05, 0) is 40.8 Å². The van der Waals surface area contributed by atoms with E-state index in [0.29, 0.717) is 24.3 Å². The third kappa shape index (κ3) is 3.47. The highest BCUT2D eigenvalue weighted by molar-refractivity contribution is 5.67. The SMILES string of the molecule is COc1ccc(N)c(CCCC(=O)O)c1-[n+]1ccccn1. The van der Waals surface area contributed by atoms with Crippen molar-refractivity contribution in [3.8, 4) is 11.4 Å². The molecule has 21 heavy (non-hydrogen) atoms. The molecule has 0 aliphatic heterocycles. The van der Waals surface area contributed by atoms with Crippen LogP contribution in [0.5, 0.6) is 5.75 Å². The number of nitrogen functional groups attached to an aromatic ring is 1. The van der Waals surface area contributed by atoms with Gasteiger partial charge in [-0.3, -0.25) is 4.79 Å². The van der Waals surface area contributed by atoms with Crippen LogP contribution in [0, 0.1) is 0 Å². The van der Waals surface area contributed by atoms with Gasteiger partial charge in [0.1, 0.15) is 0 Å². The molecule has 110 valence electrons. The zero-order valence-electron chi connectivity index (χ0n) is 11.8. The van der Waals surface area contributed by atoms with Crippen molar-refractivity contribution in [2.45, 2.75) is 19.3 Å². The molecule has 2 aromatic rings. The summed E-state index contributed by atoms with van der Waals surface area (Å²) in [6.07, 6.45) is 4.63. The van der Waals surface area contributed by atoms with Gasteiger partial charge in [0.2, 0.25) is 6.20 Å². The summed E-state index contributed by atoms with van der Waals surface area (Å²) in [5, 5.41) is 13.0. The number of nitrogens with zero attached hydrogens (tertiary/aromatic N) is 2. The summed E-state index contributed by atoms with van der Waals surface area (Å²) in [6, 6.07) is 7.23. The number of anilines is 1. The smallest absolute Gasteiger partial charge is 0.303 e. The van der Waals surface area contributed by atoms with Crippen LogP contribution in [0.1, 0.15) is 18.4 Å². The predicted octanol–water partition coefficient (Wildman–Crippen LogP) is 1.36. The Morgan fingerprint density at radius 2 is 2.24 bits per heavy atom. The third-order valence-electron chi connectivity index (χ3n) is 3.16. The maximum atomic E-state index is 10.7. The first-order valence-electron chi connectivity index (χ1n) is 6.64. The summed E-state index contributed by atoms with van der Waals surface area (Å²) < 4.78 is 7.08. The first-order valence-corrected chi connectivity index (χ1v) is 6.64. The van der Waals surface area contributed by atoms with E-state index >= 15 is 0 Å². The molecule has 0 unspecified atom stereocenters. The highest BCUT2D eigenvalue weighted by atomic mass is 16.5. The van der Waals surface area contributed by atoms with Crippen molar-refractivity contribution < 1.29 is 19.3 Å². The van der Waals surface area contributed by atoms with Gasteiger partial charge in [0.25, 0.3) is 5.69 Å². The quantitative estimate of drug-likeness (QED) is 0.619. The molecule has 0 aliphatic rings. The molecule has 6 nitrogen and oxygen atoms in total. The zero-order valence-corrected chi connectivity index (χ0v) is 11.8. The van der Waals surface area contributed by atoms with E-state index in [1.54, 1.807) is 36.3 Å². The van der Waals surface area contributed by atoms with Crippen molar-refractivity contribution in [3.63, 3.8) is 0 Å². The fourth-order valence-corrected chi connectivity index (χ4v) is 2.19. The fourth-order valence-electron chi connectivity index (χ4n) is 2.19. The molecule has 0 spiro atoms. The second kappa shape index (κ2) is 6.69. The van der Waals surface area contributed by atoms with Crippen molar-refractivity contribution in [1.29, 1.82) is 0 Å². The molecular formula is C15H18N3O3+. The minimum Gasteiger partial charge on any atom is -0.490 e. The minimum atomic E-state index is -0.816. The van der Waals surface area contributed by atoms with Gasteiger partial charge in [0.05, 0.1) is 18.9 Å². The lowest BCUT2D eigenvalue weighted by molar-refractivity contribution is -0.660. The van der Waals surface area contributed by atoms with E-state index in [1.165, 1.54) is 0 Å². The molecule has 3 N–H and O–H groups in total. The van der Waals surface area contributed by atoms with Gasteiger partial charge in [-0.25, -0.2) is 0 Å².